The van der Waals surface area contributed by atoms with Crippen molar-refractivity contribution in [2.45, 2.75) is 17.2 Å². The van der Waals surface area contributed by atoms with Gasteiger partial charge in [-0.15, -0.1) is 0 Å². The maximum Gasteiger partial charge on any atom is 0.332 e. The van der Waals surface area contributed by atoms with Gasteiger partial charge in [0.2, 0.25) is 5.91 Å². The zero-order valence-corrected chi connectivity index (χ0v) is 17.1. The van der Waals surface area contributed by atoms with E-state index in [2.05, 4.69) is 26.2 Å². The molecule has 0 bridgehead atoms. The van der Waals surface area contributed by atoms with Crippen LogP contribution < -0.4 is 16.6 Å². The molecule has 0 unspecified atom stereocenters. The van der Waals surface area contributed by atoms with Crippen molar-refractivity contribution in [3.8, 4) is 0 Å². The zero-order valence-electron chi connectivity index (χ0n) is 14.6. The summed E-state index contributed by atoms with van der Waals surface area (Å²) < 4.78 is 29.1. The molecule has 0 aliphatic rings. The fraction of sp³-hybridized carbons (Fsp3) is 0.250. The van der Waals surface area contributed by atoms with Gasteiger partial charge >= 0.3 is 5.69 Å². The smallest absolute Gasteiger partial charge is 0.324 e. The number of thioether (sulfide) groups is 1. The van der Waals surface area contributed by atoms with E-state index >= 15 is 0 Å². The third kappa shape index (κ3) is 3.74. The van der Waals surface area contributed by atoms with Gasteiger partial charge in [0, 0.05) is 19.0 Å². The number of nitrogens with zero attached hydrogens (tertiary/aromatic N) is 4. The molecule has 28 heavy (non-hydrogen) atoms. The number of hydrogen-bond acceptors (Lipinski definition) is 5. The van der Waals surface area contributed by atoms with Gasteiger partial charge in [0.05, 0.1) is 5.69 Å². The number of benzene rings is 1. The molecule has 0 radical (unpaired) electrons. The molecule has 0 aliphatic carbocycles. The van der Waals surface area contributed by atoms with Crippen LogP contribution in [0.1, 0.15) is 0 Å². The van der Waals surface area contributed by atoms with Gasteiger partial charge < -0.3 is 5.32 Å². The predicted molar refractivity (Wildman–Crippen MR) is 105 cm³/mol. The summed E-state index contributed by atoms with van der Waals surface area (Å²) in [4.78, 5) is 41.3. The van der Waals surface area contributed by atoms with Gasteiger partial charge in [-0.3, -0.25) is 23.3 Å². The third-order valence-electron chi connectivity index (χ3n) is 3.97. The molecular formula is C16H14BrF2N5O3S. The highest BCUT2D eigenvalue weighted by atomic mass is 79.9. The number of hydrogen-bond donors (Lipinski definition) is 1. The minimum absolute atomic E-state index is 0.0259. The molecule has 3 aromatic rings. The van der Waals surface area contributed by atoms with Crippen molar-refractivity contribution >= 4 is 50.5 Å². The van der Waals surface area contributed by atoms with Crippen molar-refractivity contribution < 1.29 is 13.6 Å². The number of alkyl halides is 2. The second-order valence-corrected chi connectivity index (χ2v) is 7.51. The average Bonchev–Trinajstić information content (AvgIpc) is 2.96. The maximum atomic E-state index is 12.7. The Balaban J connectivity index is 1.96. The predicted octanol–water partition coefficient (Wildman–Crippen LogP) is 2.15. The van der Waals surface area contributed by atoms with Crippen LogP contribution in [0.25, 0.3) is 11.2 Å². The van der Waals surface area contributed by atoms with E-state index in [1.165, 1.54) is 35.4 Å². The summed E-state index contributed by atoms with van der Waals surface area (Å²) in [6.07, 6.45) is 0. The molecule has 2 heterocycles. The first-order valence-electron chi connectivity index (χ1n) is 7.86. The number of para-hydroxylation sites is 1. The van der Waals surface area contributed by atoms with Crippen LogP contribution in [0.3, 0.4) is 0 Å². The van der Waals surface area contributed by atoms with Crippen LogP contribution in [0.4, 0.5) is 14.5 Å². The number of aromatic nitrogens is 4. The molecule has 1 aromatic carbocycles. The summed E-state index contributed by atoms with van der Waals surface area (Å²) in [6.45, 7) is -0.286. The quantitative estimate of drug-likeness (QED) is 0.452. The second-order valence-electron chi connectivity index (χ2n) is 5.77. The van der Waals surface area contributed by atoms with Crippen LogP contribution in [0.5, 0.6) is 0 Å². The number of nitrogens with one attached hydrogen (secondary N) is 1. The number of rotatable bonds is 5. The Morgan fingerprint density at radius 3 is 2.61 bits per heavy atom. The molecule has 2 aromatic heterocycles. The van der Waals surface area contributed by atoms with E-state index in [0.717, 1.165) is 4.57 Å². The summed E-state index contributed by atoms with van der Waals surface area (Å²) >= 11 is 3.52. The van der Waals surface area contributed by atoms with Gasteiger partial charge in [-0.25, -0.2) is 9.78 Å². The van der Waals surface area contributed by atoms with E-state index in [9.17, 15) is 23.2 Å². The van der Waals surface area contributed by atoms with E-state index in [1.807, 2.05) is 0 Å². The lowest BCUT2D eigenvalue weighted by molar-refractivity contribution is -0.116. The number of aryl methyl sites for hydroxylation is 1. The van der Waals surface area contributed by atoms with Crippen molar-refractivity contribution in [1.82, 2.24) is 18.7 Å². The molecule has 0 saturated carbocycles. The number of carbonyl (C=O) groups is 1. The Bertz CT molecular complexity index is 1190. The van der Waals surface area contributed by atoms with Crippen molar-refractivity contribution in [2.75, 3.05) is 5.32 Å². The Morgan fingerprint density at radius 1 is 1.25 bits per heavy atom. The lowest BCUT2D eigenvalue weighted by atomic mass is 10.3. The Hall–Kier alpha value is -2.47. The first-order chi connectivity index (χ1) is 13.2. The van der Waals surface area contributed by atoms with Crippen molar-refractivity contribution in [3.63, 3.8) is 0 Å². The molecule has 0 atom stereocenters. The molecule has 1 amide bonds. The zero-order chi connectivity index (χ0) is 20.6. The van der Waals surface area contributed by atoms with Crippen LogP contribution in [0.2, 0.25) is 0 Å². The standard InChI is InChI=1S/C16H14BrF2N5O3S/c1-22-12-11(13(26)23(2)16(22)27)21-14(17)24(12)7-10(25)20-8-5-3-4-6-9(8)28-15(18)19/h3-6,15H,7H2,1-2H3,(H,20,25). The molecule has 8 nitrogen and oxygen atoms in total. The van der Waals surface area contributed by atoms with Gasteiger partial charge in [0.25, 0.3) is 11.3 Å². The van der Waals surface area contributed by atoms with E-state index in [1.54, 1.807) is 12.1 Å². The van der Waals surface area contributed by atoms with Gasteiger partial charge in [0.1, 0.15) is 6.54 Å². The van der Waals surface area contributed by atoms with Crippen molar-refractivity contribution in [1.29, 1.82) is 0 Å². The number of halogens is 3. The molecule has 3 rings (SSSR count). The average molecular weight is 474 g/mol. The highest BCUT2D eigenvalue weighted by Gasteiger charge is 2.20. The normalized spacial score (nSPS) is 11.4. The molecule has 148 valence electrons. The second kappa shape index (κ2) is 7.87. The van der Waals surface area contributed by atoms with E-state index in [0.29, 0.717) is 11.8 Å². The van der Waals surface area contributed by atoms with Gasteiger partial charge in [0.15, 0.2) is 15.9 Å². The summed E-state index contributed by atoms with van der Waals surface area (Å²) in [6, 6.07) is 6.19. The SMILES string of the molecule is Cn1c(=O)c2nc(Br)n(CC(=O)Nc3ccccc3SC(F)F)c2n(C)c1=O. The lowest BCUT2D eigenvalue weighted by Crippen LogP contribution is -2.37. The number of fused-ring (bicyclic) bond motifs is 1. The summed E-state index contributed by atoms with van der Waals surface area (Å²) in [5.41, 5.74) is -0.715. The number of amides is 1. The molecule has 0 spiro atoms. The van der Waals surface area contributed by atoms with Crippen LogP contribution >= 0.6 is 27.7 Å². The number of carbonyl (C=O) groups excluding carboxylic acids is 1. The molecule has 0 saturated heterocycles. The van der Waals surface area contributed by atoms with Gasteiger partial charge in [-0.2, -0.15) is 8.78 Å². The highest BCUT2D eigenvalue weighted by Crippen LogP contribution is 2.31. The summed E-state index contributed by atoms with van der Waals surface area (Å²) in [5.74, 6) is -3.16. The Morgan fingerprint density at radius 2 is 1.93 bits per heavy atom. The van der Waals surface area contributed by atoms with Crippen LogP contribution in [0.15, 0.2) is 43.5 Å². The fourth-order valence-electron chi connectivity index (χ4n) is 2.70. The molecule has 0 fully saturated rings. The number of imidazole rings is 1. The van der Waals surface area contributed by atoms with Crippen LogP contribution in [0, 0.1) is 0 Å². The Kier molecular flexibility index (Phi) is 5.70. The number of anilines is 1. The minimum atomic E-state index is -2.63. The highest BCUT2D eigenvalue weighted by molar-refractivity contribution is 9.10. The van der Waals surface area contributed by atoms with Gasteiger partial charge in [-0.1, -0.05) is 23.9 Å². The lowest BCUT2D eigenvalue weighted by Gasteiger charge is -2.12. The van der Waals surface area contributed by atoms with E-state index in [-0.39, 0.29) is 33.0 Å². The summed E-state index contributed by atoms with van der Waals surface area (Å²) in [7, 11) is 2.79. The van der Waals surface area contributed by atoms with Crippen molar-refractivity contribution in [3.05, 3.63) is 49.8 Å². The van der Waals surface area contributed by atoms with Crippen LogP contribution in [-0.2, 0) is 25.4 Å². The topological polar surface area (TPSA) is 90.9 Å². The molecule has 1 N–H and O–H groups in total. The summed E-state index contributed by atoms with van der Waals surface area (Å²) in [5, 5.41) is 2.57. The minimum Gasteiger partial charge on any atom is -0.324 e. The fourth-order valence-corrected chi connectivity index (χ4v) is 3.77. The van der Waals surface area contributed by atoms with Gasteiger partial charge in [-0.05, 0) is 28.1 Å². The monoisotopic (exact) mass is 473 g/mol. The third-order valence-corrected chi connectivity index (χ3v) is 5.37. The van der Waals surface area contributed by atoms with Crippen LogP contribution in [-0.4, -0.2) is 30.3 Å². The first kappa shape index (κ1) is 20.3. The van der Waals surface area contributed by atoms with Crippen molar-refractivity contribution in [2.24, 2.45) is 14.1 Å². The largest absolute Gasteiger partial charge is 0.332 e. The van der Waals surface area contributed by atoms with E-state index in [4.69, 9.17) is 0 Å². The maximum absolute atomic E-state index is 12.7. The molecule has 12 heteroatoms. The van der Waals surface area contributed by atoms with E-state index < -0.39 is 22.9 Å². The Labute approximate surface area is 169 Å². The molecule has 0 aliphatic heterocycles. The first-order valence-corrected chi connectivity index (χ1v) is 9.53. The molecular weight excluding hydrogens is 460 g/mol.